The van der Waals surface area contributed by atoms with E-state index in [1.807, 2.05) is 35.9 Å². The topological polar surface area (TPSA) is 50.1 Å². The quantitative estimate of drug-likeness (QED) is 0.894. The fourth-order valence-electron chi connectivity index (χ4n) is 1.79. The van der Waals surface area contributed by atoms with Crippen LogP contribution in [0, 0.1) is 0 Å². The standard InChI is InChI=1S/C13H16ClN3O/c1-9(18)10-5-3-4-6-11(10)15-8-13-16-7-12(14)17(13)2/h3-7,9,15,18H,8H2,1-2H3. The largest absolute Gasteiger partial charge is 0.389 e. The summed E-state index contributed by atoms with van der Waals surface area (Å²) in [4.78, 5) is 4.21. The van der Waals surface area contributed by atoms with E-state index in [0.717, 1.165) is 17.1 Å². The summed E-state index contributed by atoms with van der Waals surface area (Å²) in [6, 6.07) is 7.68. The fourth-order valence-corrected chi connectivity index (χ4v) is 1.93. The van der Waals surface area contributed by atoms with Crippen LogP contribution in [0.25, 0.3) is 0 Å². The van der Waals surface area contributed by atoms with Crippen LogP contribution in [0.2, 0.25) is 5.15 Å². The van der Waals surface area contributed by atoms with Crippen molar-refractivity contribution < 1.29 is 5.11 Å². The van der Waals surface area contributed by atoms with Gasteiger partial charge in [0.1, 0.15) is 11.0 Å². The first-order valence-electron chi connectivity index (χ1n) is 5.76. The minimum Gasteiger partial charge on any atom is -0.389 e. The van der Waals surface area contributed by atoms with Crippen molar-refractivity contribution in [3.05, 3.63) is 47.0 Å². The second-order valence-corrected chi connectivity index (χ2v) is 4.56. The van der Waals surface area contributed by atoms with Crippen LogP contribution in [0.4, 0.5) is 5.69 Å². The van der Waals surface area contributed by atoms with Crippen molar-refractivity contribution in [3.63, 3.8) is 0 Å². The number of aliphatic hydroxyl groups is 1. The molecule has 2 aromatic rings. The molecule has 1 atom stereocenters. The number of halogens is 1. The SMILES string of the molecule is CC(O)c1ccccc1NCc1ncc(Cl)n1C. The molecule has 1 unspecified atom stereocenters. The van der Waals surface area contributed by atoms with Gasteiger partial charge in [-0.25, -0.2) is 4.98 Å². The average molecular weight is 266 g/mol. The number of nitrogens with one attached hydrogen (secondary N) is 1. The third-order valence-electron chi connectivity index (χ3n) is 2.88. The van der Waals surface area contributed by atoms with E-state index < -0.39 is 6.10 Å². The number of rotatable bonds is 4. The van der Waals surface area contributed by atoms with E-state index in [9.17, 15) is 5.11 Å². The number of aliphatic hydroxyl groups excluding tert-OH is 1. The molecule has 1 aromatic carbocycles. The van der Waals surface area contributed by atoms with Gasteiger partial charge in [-0.3, -0.25) is 0 Å². The van der Waals surface area contributed by atoms with Gasteiger partial charge in [-0.15, -0.1) is 0 Å². The van der Waals surface area contributed by atoms with Crippen LogP contribution in [0.5, 0.6) is 0 Å². The van der Waals surface area contributed by atoms with Crippen molar-refractivity contribution in [3.8, 4) is 0 Å². The van der Waals surface area contributed by atoms with E-state index in [4.69, 9.17) is 11.6 Å². The number of aromatic nitrogens is 2. The molecule has 0 bridgehead atoms. The van der Waals surface area contributed by atoms with Crippen LogP contribution in [0.3, 0.4) is 0 Å². The normalized spacial score (nSPS) is 12.4. The molecule has 96 valence electrons. The Labute approximate surface area is 111 Å². The minimum absolute atomic E-state index is 0.501. The molecule has 4 nitrogen and oxygen atoms in total. The predicted molar refractivity (Wildman–Crippen MR) is 72.6 cm³/mol. The van der Waals surface area contributed by atoms with E-state index in [0.29, 0.717) is 11.7 Å². The van der Waals surface area contributed by atoms with E-state index in [-0.39, 0.29) is 0 Å². The maximum Gasteiger partial charge on any atom is 0.128 e. The summed E-state index contributed by atoms with van der Waals surface area (Å²) in [6.45, 7) is 2.31. The van der Waals surface area contributed by atoms with Gasteiger partial charge in [0.05, 0.1) is 18.8 Å². The highest BCUT2D eigenvalue weighted by molar-refractivity contribution is 6.29. The highest BCUT2D eigenvalue weighted by atomic mass is 35.5. The number of hydrogen-bond acceptors (Lipinski definition) is 3. The number of hydrogen-bond donors (Lipinski definition) is 2. The molecule has 0 amide bonds. The van der Waals surface area contributed by atoms with Crippen molar-refractivity contribution in [1.82, 2.24) is 9.55 Å². The molecule has 0 saturated heterocycles. The van der Waals surface area contributed by atoms with Crippen LogP contribution < -0.4 is 5.32 Å². The molecule has 0 spiro atoms. The molecule has 0 aliphatic heterocycles. The lowest BCUT2D eigenvalue weighted by Gasteiger charge is -2.13. The molecule has 0 radical (unpaired) electrons. The predicted octanol–water partition coefficient (Wildman–Crippen LogP) is 2.74. The summed E-state index contributed by atoms with van der Waals surface area (Å²) in [5.41, 5.74) is 1.78. The Balaban J connectivity index is 2.13. The van der Waals surface area contributed by atoms with E-state index in [1.165, 1.54) is 0 Å². The lowest BCUT2D eigenvalue weighted by atomic mass is 10.1. The van der Waals surface area contributed by atoms with E-state index in [1.54, 1.807) is 13.1 Å². The Kier molecular flexibility index (Phi) is 3.89. The molecule has 0 aliphatic carbocycles. The number of nitrogens with zero attached hydrogens (tertiary/aromatic N) is 2. The molecule has 0 fully saturated rings. The van der Waals surface area contributed by atoms with Crippen LogP contribution in [-0.2, 0) is 13.6 Å². The highest BCUT2D eigenvalue weighted by Gasteiger charge is 2.08. The number of imidazole rings is 1. The molecule has 0 saturated carbocycles. The van der Waals surface area contributed by atoms with Gasteiger partial charge in [-0.2, -0.15) is 0 Å². The van der Waals surface area contributed by atoms with E-state index >= 15 is 0 Å². The van der Waals surface area contributed by atoms with Gasteiger partial charge in [0.25, 0.3) is 0 Å². The zero-order chi connectivity index (χ0) is 13.1. The van der Waals surface area contributed by atoms with Gasteiger partial charge in [0.2, 0.25) is 0 Å². The zero-order valence-corrected chi connectivity index (χ0v) is 11.1. The third-order valence-corrected chi connectivity index (χ3v) is 3.23. The van der Waals surface area contributed by atoms with Gasteiger partial charge in [0.15, 0.2) is 0 Å². The Morgan fingerprint density at radius 1 is 1.44 bits per heavy atom. The lowest BCUT2D eigenvalue weighted by molar-refractivity contribution is 0.200. The monoisotopic (exact) mass is 265 g/mol. The van der Waals surface area contributed by atoms with Crippen LogP contribution in [-0.4, -0.2) is 14.7 Å². The molecular formula is C13H16ClN3O. The van der Waals surface area contributed by atoms with Gasteiger partial charge in [-0.05, 0) is 13.0 Å². The first-order chi connectivity index (χ1) is 8.59. The summed E-state index contributed by atoms with van der Waals surface area (Å²) in [6.07, 6.45) is 1.12. The smallest absolute Gasteiger partial charge is 0.128 e. The van der Waals surface area contributed by atoms with Crippen molar-refractivity contribution in [2.45, 2.75) is 19.6 Å². The summed E-state index contributed by atoms with van der Waals surface area (Å²) < 4.78 is 1.82. The fraction of sp³-hybridized carbons (Fsp3) is 0.308. The first kappa shape index (κ1) is 12.9. The Hall–Kier alpha value is -1.52. The Bertz CT molecular complexity index is 537. The molecule has 2 N–H and O–H groups in total. The zero-order valence-electron chi connectivity index (χ0n) is 10.4. The summed E-state index contributed by atoms with van der Waals surface area (Å²) >= 11 is 5.93. The molecular weight excluding hydrogens is 250 g/mol. The minimum atomic E-state index is -0.501. The Morgan fingerprint density at radius 3 is 2.78 bits per heavy atom. The number of benzene rings is 1. The highest BCUT2D eigenvalue weighted by Crippen LogP contribution is 2.22. The van der Waals surface area contributed by atoms with Gasteiger partial charge >= 0.3 is 0 Å². The molecule has 0 aliphatic rings. The van der Waals surface area contributed by atoms with Gasteiger partial charge in [0, 0.05) is 18.3 Å². The third kappa shape index (κ3) is 2.66. The second kappa shape index (κ2) is 5.42. The number of para-hydroxylation sites is 1. The van der Waals surface area contributed by atoms with Crippen molar-refractivity contribution >= 4 is 17.3 Å². The molecule has 1 heterocycles. The van der Waals surface area contributed by atoms with Crippen LogP contribution in [0.1, 0.15) is 24.4 Å². The first-order valence-corrected chi connectivity index (χ1v) is 6.14. The maximum atomic E-state index is 9.68. The number of anilines is 1. The average Bonchev–Trinajstić information content (AvgIpc) is 2.68. The summed E-state index contributed by atoms with van der Waals surface area (Å²) in [7, 11) is 1.87. The summed E-state index contributed by atoms with van der Waals surface area (Å²) in [5, 5.41) is 13.5. The molecule has 18 heavy (non-hydrogen) atoms. The van der Waals surface area contributed by atoms with Gasteiger partial charge in [-0.1, -0.05) is 29.8 Å². The second-order valence-electron chi connectivity index (χ2n) is 4.17. The van der Waals surface area contributed by atoms with Crippen molar-refractivity contribution in [2.24, 2.45) is 7.05 Å². The van der Waals surface area contributed by atoms with Gasteiger partial charge < -0.3 is 15.0 Å². The van der Waals surface area contributed by atoms with Crippen LogP contribution in [0.15, 0.2) is 30.5 Å². The maximum absolute atomic E-state index is 9.68. The summed E-state index contributed by atoms with van der Waals surface area (Å²) in [5.74, 6) is 0.848. The van der Waals surface area contributed by atoms with Crippen molar-refractivity contribution in [1.29, 1.82) is 0 Å². The van der Waals surface area contributed by atoms with Crippen LogP contribution >= 0.6 is 11.6 Å². The lowest BCUT2D eigenvalue weighted by Crippen LogP contribution is -2.08. The Morgan fingerprint density at radius 2 is 2.17 bits per heavy atom. The van der Waals surface area contributed by atoms with E-state index in [2.05, 4.69) is 10.3 Å². The molecule has 2 rings (SSSR count). The molecule has 5 heteroatoms. The van der Waals surface area contributed by atoms with Crippen molar-refractivity contribution in [2.75, 3.05) is 5.32 Å². The molecule has 1 aromatic heterocycles.